The zero-order valence-electron chi connectivity index (χ0n) is 13.4. The fourth-order valence-corrected chi connectivity index (χ4v) is 3.73. The van der Waals surface area contributed by atoms with Crippen molar-refractivity contribution < 1.29 is 14.4 Å². The molecular formula is C18H21NO3. The van der Waals surface area contributed by atoms with Crippen LogP contribution in [0.2, 0.25) is 0 Å². The van der Waals surface area contributed by atoms with Gasteiger partial charge in [0.1, 0.15) is 11.5 Å². The third-order valence-electron chi connectivity index (χ3n) is 4.70. The Hall–Kier alpha value is -1.94. The van der Waals surface area contributed by atoms with E-state index in [0.29, 0.717) is 6.42 Å². The lowest BCUT2D eigenvalue weighted by Gasteiger charge is -2.40. The van der Waals surface area contributed by atoms with Crippen molar-refractivity contribution in [2.24, 2.45) is 5.92 Å². The van der Waals surface area contributed by atoms with Gasteiger partial charge in [-0.05, 0) is 33.3 Å². The molecule has 3 atom stereocenters. The number of fused-ring (bicyclic) bond motifs is 1. The van der Waals surface area contributed by atoms with Crippen LogP contribution in [0.25, 0.3) is 0 Å². The molecule has 1 aromatic heterocycles. The quantitative estimate of drug-likeness (QED) is 0.926. The molecule has 116 valence electrons. The van der Waals surface area contributed by atoms with Crippen LogP contribution in [0.3, 0.4) is 0 Å². The number of aromatic nitrogens is 1. The number of carbonyl (C=O) groups excluding carboxylic acids is 1. The standard InChI is InChI=1S/C18H21NO3/c1-10-5-7-13(8-6-10)16-15-12(3)22-19-14(15)9-18(4,21)17(16)11(2)20/h5-8,16-17,21H,9H2,1-4H3/t16-,17-,18-/m1/s1. The summed E-state index contributed by atoms with van der Waals surface area (Å²) in [6.07, 6.45) is 0.340. The van der Waals surface area contributed by atoms with E-state index in [1.807, 2.05) is 38.1 Å². The van der Waals surface area contributed by atoms with Gasteiger partial charge in [0, 0.05) is 17.9 Å². The van der Waals surface area contributed by atoms with Gasteiger partial charge in [0.2, 0.25) is 0 Å². The van der Waals surface area contributed by atoms with Crippen molar-refractivity contribution in [3.63, 3.8) is 0 Å². The summed E-state index contributed by atoms with van der Waals surface area (Å²) in [4.78, 5) is 12.3. The number of aryl methyl sites for hydroxylation is 2. The van der Waals surface area contributed by atoms with E-state index >= 15 is 0 Å². The van der Waals surface area contributed by atoms with E-state index in [-0.39, 0.29) is 11.7 Å². The van der Waals surface area contributed by atoms with Crippen molar-refractivity contribution in [3.8, 4) is 0 Å². The Bertz CT molecular complexity index is 712. The number of benzene rings is 1. The third kappa shape index (κ3) is 2.28. The molecule has 2 aromatic rings. The highest BCUT2D eigenvalue weighted by atomic mass is 16.5. The van der Waals surface area contributed by atoms with Crippen LogP contribution in [0, 0.1) is 19.8 Å². The summed E-state index contributed by atoms with van der Waals surface area (Å²) in [6.45, 7) is 7.16. The van der Waals surface area contributed by atoms with Crippen LogP contribution in [0.1, 0.15) is 47.9 Å². The van der Waals surface area contributed by atoms with E-state index < -0.39 is 11.5 Å². The Morgan fingerprint density at radius 2 is 1.95 bits per heavy atom. The van der Waals surface area contributed by atoms with Gasteiger partial charge >= 0.3 is 0 Å². The molecule has 4 heteroatoms. The molecule has 0 radical (unpaired) electrons. The van der Waals surface area contributed by atoms with E-state index in [1.54, 1.807) is 13.8 Å². The molecule has 1 aliphatic carbocycles. The Labute approximate surface area is 130 Å². The SMILES string of the molecule is CC(=O)[C@@H]1[C@H](c2ccc(C)cc2)c2c(noc2C)C[C@@]1(C)O. The fraction of sp³-hybridized carbons (Fsp3) is 0.444. The maximum absolute atomic E-state index is 12.3. The molecule has 0 amide bonds. The number of rotatable bonds is 2. The zero-order valence-corrected chi connectivity index (χ0v) is 13.4. The summed E-state index contributed by atoms with van der Waals surface area (Å²) in [7, 11) is 0. The number of hydrogen-bond acceptors (Lipinski definition) is 4. The summed E-state index contributed by atoms with van der Waals surface area (Å²) in [5, 5.41) is 14.9. The number of carbonyl (C=O) groups is 1. The van der Waals surface area contributed by atoms with Crippen LogP contribution in [0.15, 0.2) is 28.8 Å². The second kappa shape index (κ2) is 5.06. The highest BCUT2D eigenvalue weighted by Gasteiger charge is 2.49. The lowest BCUT2D eigenvalue weighted by Crippen LogP contribution is -2.48. The normalized spacial score (nSPS) is 27.5. The lowest BCUT2D eigenvalue weighted by molar-refractivity contribution is -0.130. The summed E-state index contributed by atoms with van der Waals surface area (Å²) < 4.78 is 5.34. The van der Waals surface area contributed by atoms with Gasteiger partial charge in [-0.25, -0.2) is 0 Å². The first-order valence-corrected chi connectivity index (χ1v) is 7.55. The molecule has 1 N–H and O–H groups in total. The van der Waals surface area contributed by atoms with Crippen molar-refractivity contribution in [3.05, 3.63) is 52.4 Å². The van der Waals surface area contributed by atoms with Gasteiger partial charge < -0.3 is 9.63 Å². The molecular weight excluding hydrogens is 278 g/mol. The van der Waals surface area contributed by atoms with E-state index in [4.69, 9.17) is 4.52 Å². The lowest BCUT2D eigenvalue weighted by atomic mass is 9.64. The van der Waals surface area contributed by atoms with Crippen molar-refractivity contribution in [2.45, 2.75) is 45.6 Å². The first-order valence-electron chi connectivity index (χ1n) is 7.55. The average molecular weight is 299 g/mol. The van der Waals surface area contributed by atoms with E-state index in [9.17, 15) is 9.90 Å². The van der Waals surface area contributed by atoms with E-state index in [2.05, 4.69) is 5.16 Å². The largest absolute Gasteiger partial charge is 0.389 e. The molecule has 1 heterocycles. The van der Waals surface area contributed by atoms with Crippen LogP contribution in [0.5, 0.6) is 0 Å². The first-order chi connectivity index (χ1) is 10.3. The predicted octanol–water partition coefficient (Wildman–Crippen LogP) is 2.94. The minimum atomic E-state index is -1.13. The molecule has 0 saturated carbocycles. The van der Waals surface area contributed by atoms with Gasteiger partial charge in [-0.3, -0.25) is 4.79 Å². The number of ketones is 1. The van der Waals surface area contributed by atoms with Gasteiger partial charge in [-0.1, -0.05) is 35.0 Å². The van der Waals surface area contributed by atoms with Gasteiger partial charge in [0.25, 0.3) is 0 Å². The number of aliphatic hydroxyl groups is 1. The molecule has 4 nitrogen and oxygen atoms in total. The molecule has 0 saturated heterocycles. The zero-order chi connectivity index (χ0) is 16.1. The highest BCUT2D eigenvalue weighted by molar-refractivity contribution is 5.82. The molecule has 3 rings (SSSR count). The predicted molar refractivity (Wildman–Crippen MR) is 82.8 cm³/mol. The molecule has 0 spiro atoms. The summed E-state index contributed by atoms with van der Waals surface area (Å²) in [6, 6.07) is 8.10. The third-order valence-corrected chi connectivity index (χ3v) is 4.70. The molecule has 22 heavy (non-hydrogen) atoms. The summed E-state index contributed by atoms with van der Waals surface area (Å²) in [5.41, 5.74) is 2.75. The first kappa shape index (κ1) is 15.0. The maximum Gasteiger partial charge on any atom is 0.137 e. The van der Waals surface area contributed by atoms with Crippen LogP contribution in [0.4, 0.5) is 0 Å². The second-order valence-corrected chi connectivity index (χ2v) is 6.61. The minimum Gasteiger partial charge on any atom is -0.389 e. The van der Waals surface area contributed by atoms with Gasteiger partial charge in [0.15, 0.2) is 0 Å². The molecule has 0 fully saturated rings. The average Bonchev–Trinajstić information content (AvgIpc) is 2.77. The van der Waals surface area contributed by atoms with Crippen molar-refractivity contribution in [1.29, 1.82) is 0 Å². The maximum atomic E-state index is 12.3. The highest BCUT2D eigenvalue weighted by Crippen LogP contribution is 2.47. The van der Waals surface area contributed by atoms with Crippen molar-refractivity contribution >= 4 is 5.78 Å². The number of nitrogens with zero attached hydrogens (tertiary/aromatic N) is 1. The molecule has 0 aliphatic heterocycles. The molecule has 0 bridgehead atoms. The van der Waals surface area contributed by atoms with Crippen LogP contribution >= 0.6 is 0 Å². The molecule has 0 unspecified atom stereocenters. The molecule has 1 aliphatic rings. The second-order valence-electron chi connectivity index (χ2n) is 6.61. The molecule has 1 aromatic carbocycles. The van der Waals surface area contributed by atoms with Gasteiger partial charge in [-0.15, -0.1) is 0 Å². The monoisotopic (exact) mass is 299 g/mol. The Kier molecular flexibility index (Phi) is 3.44. The Morgan fingerprint density at radius 1 is 1.32 bits per heavy atom. The topological polar surface area (TPSA) is 63.3 Å². The van der Waals surface area contributed by atoms with Gasteiger partial charge in [-0.2, -0.15) is 0 Å². The van der Waals surface area contributed by atoms with E-state index in [1.165, 1.54) is 0 Å². The Balaban J connectivity index is 2.23. The van der Waals surface area contributed by atoms with E-state index in [0.717, 1.165) is 28.1 Å². The van der Waals surface area contributed by atoms with Gasteiger partial charge in [0.05, 0.1) is 17.2 Å². The Morgan fingerprint density at radius 3 is 2.55 bits per heavy atom. The smallest absolute Gasteiger partial charge is 0.137 e. The van der Waals surface area contributed by atoms with Crippen molar-refractivity contribution in [2.75, 3.05) is 0 Å². The number of Topliss-reactive ketones (excluding diaryl/α,β-unsaturated/α-hetero) is 1. The van der Waals surface area contributed by atoms with Crippen molar-refractivity contribution in [1.82, 2.24) is 5.16 Å². The van der Waals surface area contributed by atoms with Crippen LogP contribution in [-0.2, 0) is 11.2 Å². The van der Waals surface area contributed by atoms with Crippen LogP contribution < -0.4 is 0 Å². The summed E-state index contributed by atoms with van der Waals surface area (Å²) >= 11 is 0. The van der Waals surface area contributed by atoms with Crippen LogP contribution in [-0.4, -0.2) is 21.6 Å². The fourth-order valence-electron chi connectivity index (χ4n) is 3.73. The number of hydrogen-bond donors (Lipinski definition) is 1. The summed E-state index contributed by atoms with van der Waals surface area (Å²) in [5.74, 6) is -0.00643. The minimum absolute atomic E-state index is 0.0122.